The highest BCUT2D eigenvalue weighted by Gasteiger charge is 2.18. The molecule has 78 valence electrons. The fourth-order valence-electron chi connectivity index (χ4n) is 1.79. The molecule has 0 unspecified atom stereocenters. The van der Waals surface area contributed by atoms with E-state index in [1.807, 2.05) is 0 Å². The van der Waals surface area contributed by atoms with E-state index in [-0.39, 0.29) is 6.10 Å². The lowest BCUT2D eigenvalue weighted by molar-refractivity contribution is 0.116. The molecular weight excluding hydrogens is 182 g/mol. The summed E-state index contributed by atoms with van der Waals surface area (Å²) in [5.74, 6) is 0.621. The molecule has 0 radical (unpaired) electrons. The van der Waals surface area contributed by atoms with Gasteiger partial charge in [-0.25, -0.2) is 0 Å². The monoisotopic (exact) mass is 197 g/mol. The van der Waals surface area contributed by atoms with Crippen molar-refractivity contribution in [3.8, 4) is 0 Å². The van der Waals surface area contributed by atoms with Crippen LogP contribution in [0.2, 0.25) is 0 Å². The molecule has 14 heavy (non-hydrogen) atoms. The standard InChI is InChI=1S/C9H15N3O2/c13-8-3-1-7(2-4-8)10-5-9-11-6-12-14-9/h6-8,10,13H,1-5H2. The molecule has 0 amide bonds. The summed E-state index contributed by atoms with van der Waals surface area (Å²) in [4.78, 5) is 3.93. The van der Waals surface area contributed by atoms with E-state index in [0.29, 0.717) is 18.5 Å². The van der Waals surface area contributed by atoms with Crippen LogP contribution >= 0.6 is 0 Å². The second kappa shape index (κ2) is 4.52. The molecule has 0 aliphatic heterocycles. The Hall–Kier alpha value is -0.940. The van der Waals surface area contributed by atoms with Gasteiger partial charge in [0.15, 0.2) is 6.33 Å². The fraction of sp³-hybridized carbons (Fsp3) is 0.778. The maximum Gasteiger partial charge on any atom is 0.240 e. The van der Waals surface area contributed by atoms with E-state index in [1.165, 1.54) is 6.33 Å². The number of hydrogen-bond acceptors (Lipinski definition) is 5. The molecule has 1 heterocycles. The van der Waals surface area contributed by atoms with Crippen LogP contribution in [0.1, 0.15) is 31.6 Å². The van der Waals surface area contributed by atoms with Gasteiger partial charge in [0.2, 0.25) is 5.89 Å². The van der Waals surface area contributed by atoms with Crippen molar-refractivity contribution in [1.29, 1.82) is 0 Å². The Balaban J connectivity index is 1.71. The maximum atomic E-state index is 9.31. The van der Waals surface area contributed by atoms with Crippen molar-refractivity contribution in [2.24, 2.45) is 0 Å². The van der Waals surface area contributed by atoms with Crippen molar-refractivity contribution in [1.82, 2.24) is 15.5 Å². The third-order valence-electron chi connectivity index (χ3n) is 2.65. The Morgan fingerprint density at radius 2 is 2.21 bits per heavy atom. The highest BCUT2D eigenvalue weighted by molar-refractivity contribution is 4.80. The summed E-state index contributed by atoms with van der Waals surface area (Å²) in [5, 5.41) is 16.2. The lowest BCUT2D eigenvalue weighted by Crippen LogP contribution is -2.34. The molecule has 1 aromatic rings. The number of rotatable bonds is 3. The summed E-state index contributed by atoms with van der Waals surface area (Å²) in [6.07, 6.45) is 5.13. The number of nitrogens with one attached hydrogen (secondary N) is 1. The summed E-state index contributed by atoms with van der Waals surface area (Å²) in [7, 11) is 0. The molecule has 1 aromatic heterocycles. The molecule has 0 saturated heterocycles. The van der Waals surface area contributed by atoms with Gasteiger partial charge < -0.3 is 14.9 Å². The van der Waals surface area contributed by atoms with Crippen LogP contribution in [-0.2, 0) is 6.54 Å². The number of aromatic nitrogens is 2. The van der Waals surface area contributed by atoms with Crippen molar-refractivity contribution < 1.29 is 9.63 Å². The number of aliphatic hydroxyl groups excluding tert-OH is 1. The van der Waals surface area contributed by atoms with E-state index in [2.05, 4.69) is 15.5 Å². The van der Waals surface area contributed by atoms with Gasteiger partial charge in [-0.15, -0.1) is 0 Å². The zero-order valence-electron chi connectivity index (χ0n) is 8.02. The summed E-state index contributed by atoms with van der Waals surface area (Å²) in [5.41, 5.74) is 0. The summed E-state index contributed by atoms with van der Waals surface area (Å²) < 4.78 is 4.87. The molecule has 0 bridgehead atoms. The molecule has 5 nitrogen and oxygen atoms in total. The van der Waals surface area contributed by atoms with Gasteiger partial charge in [-0.1, -0.05) is 5.16 Å². The van der Waals surface area contributed by atoms with Gasteiger partial charge in [0.25, 0.3) is 0 Å². The van der Waals surface area contributed by atoms with E-state index in [4.69, 9.17) is 4.52 Å². The zero-order valence-corrected chi connectivity index (χ0v) is 8.02. The van der Waals surface area contributed by atoms with Crippen LogP contribution in [0.5, 0.6) is 0 Å². The molecule has 5 heteroatoms. The van der Waals surface area contributed by atoms with Gasteiger partial charge in [0.1, 0.15) is 0 Å². The van der Waals surface area contributed by atoms with Gasteiger partial charge in [0.05, 0.1) is 12.6 Å². The highest BCUT2D eigenvalue weighted by Crippen LogP contribution is 2.18. The van der Waals surface area contributed by atoms with Gasteiger partial charge in [0, 0.05) is 6.04 Å². The zero-order chi connectivity index (χ0) is 9.80. The smallest absolute Gasteiger partial charge is 0.240 e. The van der Waals surface area contributed by atoms with E-state index >= 15 is 0 Å². The van der Waals surface area contributed by atoms with Crippen LogP contribution < -0.4 is 5.32 Å². The highest BCUT2D eigenvalue weighted by atomic mass is 16.5. The van der Waals surface area contributed by atoms with E-state index in [9.17, 15) is 5.11 Å². The van der Waals surface area contributed by atoms with E-state index in [1.54, 1.807) is 0 Å². The van der Waals surface area contributed by atoms with Crippen LogP contribution in [0.3, 0.4) is 0 Å². The molecule has 0 aromatic carbocycles. The Labute approximate surface area is 82.5 Å². The third kappa shape index (κ3) is 2.52. The van der Waals surface area contributed by atoms with Crippen LogP contribution in [0.4, 0.5) is 0 Å². The lowest BCUT2D eigenvalue weighted by atomic mass is 9.93. The molecular formula is C9H15N3O2. The largest absolute Gasteiger partial charge is 0.393 e. The predicted molar refractivity (Wildman–Crippen MR) is 49.4 cm³/mol. The molecule has 1 saturated carbocycles. The lowest BCUT2D eigenvalue weighted by Gasteiger charge is -2.25. The molecule has 2 N–H and O–H groups in total. The van der Waals surface area contributed by atoms with Crippen molar-refractivity contribution in [2.75, 3.05) is 0 Å². The Bertz CT molecular complexity index is 255. The molecule has 0 spiro atoms. The topological polar surface area (TPSA) is 71.2 Å². The molecule has 1 aliphatic carbocycles. The predicted octanol–water partition coefficient (Wildman–Crippen LogP) is 0.463. The maximum absolute atomic E-state index is 9.31. The van der Waals surface area contributed by atoms with Gasteiger partial charge in [-0.05, 0) is 25.7 Å². The summed E-state index contributed by atoms with van der Waals surface area (Å²) in [6.45, 7) is 0.626. The first-order chi connectivity index (χ1) is 6.84. The molecule has 2 rings (SSSR count). The average molecular weight is 197 g/mol. The van der Waals surface area contributed by atoms with E-state index in [0.717, 1.165) is 25.7 Å². The van der Waals surface area contributed by atoms with Crippen molar-refractivity contribution >= 4 is 0 Å². The van der Waals surface area contributed by atoms with Crippen molar-refractivity contribution in [3.05, 3.63) is 12.2 Å². The third-order valence-corrected chi connectivity index (χ3v) is 2.65. The molecule has 0 atom stereocenters. The normalized spacial score (nSPS) is 27.8. The minimum absolute atomic E-state index is 0.101. The molecule has 1 fully saturated rings. The first kappa shape index (κ1) is 9.61. The van der Waals surface area contributed by atoms with Gasteiger partial charge >= 0.3 is 0 Å². The quantitative estimate of drug-likeness (QED) is 0.736. The second-order valence-electron chi connectivity index (χ2n) is 3.72. The number of aliphatic hydroxyl groups is 1. The minimum Gasteiger partial charge on any atom is -0.393 e. The van der Waals surface area contributed by atoms with Crippen LogP contribution in [0.25, 0.3) is 0 Å². The molecule has 1 aliphatic rings. The summed E-state index contributed by atoms with van der Waals surface area (Å²) in [6, 6.07) is 0.477. The SMILES string of the molecule is OC1CCC(NCc2ncno2)CC1. The first-order valence-electron chi connectivity index (χ1n) is 5.01. The minimum atomic E-state index is -0.101. The van der Waals surface area contributed by atoms with Crippen LogP contribution in [0.15, 0.2) is 10.9 Å². The van der Waals surface area contributed by atoms with E-state index < -0.39 is 0 Å². The average Bonchev–Trinajstić information content (AvgIpc) is 2.70. The van der Waals surface area contributed by atoms with Crippen molar-refractivity contribution in [3.63, 3.8) is 0 Å². The van der Waals surface area contributed by atoms with Crippen LogP contribution in [0, 0.1) is 0 Å². The summed E-state index contributed by atoms with van der Waals surface area (Å²) >= 11 is 0. The second-order valence-corrected chi connectivity index (χ2v) is 3.72. The first-order valence-corrected chi connectivity index (χ1v) is 5.01. The number of nitrogens with zero attached hydrogens (tertiary/aromatic N) is 2. The van der Waals surface area contributed by atoms with Gasteiger partial charge in [-0.2, -0.15) is 4.98 Å². The Kier molecular flexibility index (Phi) is 3.10. The Morgan fingerprint density at radius 3 is 2.86 bits per heavy atom. The fourth-order valence-corrected chi connectivity index (χ4v) is 1.79. The Morgan fingerprint density at radius 1 is 1.43 bits per heavy atom. The van der Waals surface area contributed by atoms with Crippen LogP contribution in [-0.4, -0.2) is 27.4 Å². The van der Waals surface area contributed by atoms with Crippen molar-refractivity contribution in [2.45, 2.75) is 44.4 Å². The van der Waals surface area contributed by atoms with Gasteiger partial charge in [-0.3, -0.25) is 0 Å². The number of hydrogen-bond donors (Lipinski definition) is 2.